The molecule has 0 spiro atoms. The Bertz CT molecular complexity index is 516. The van der Waals surface area contributed by atoms with Crippen molar-refractivity contribution in [2.75, 3.05) is 0 Å². The molecule has 3 N–H and O–H groups in total. The van der Waals surface area contributed by atoms with Gasteiger partial charge in [0, 0.05) is 6.04 Å². The molecule has 0 radical (unpaired) electrons. The van der Waals surface area contributed by atoms with Crippen LogP contribution in [0.3, 0.4) is 0 Å². The molecule has 0 heterocycles. The van der Waals surface area contributed by atoms with Gasteiger partial charge in [0.05, 0.1) is 11.0 Å². The first-order valence-corrected chi connectivity index (χ1v) is 5.19. The number of carbonyl (C=O) groups is 1. The van der Waals surface area contributed by atoms with Crippen LogP contribution in [-0.2, 0) is 10.2 Å². The van der Waals surface area contributed by atoms with Crippen molar-refractivity contribution >= 4 is 5.97 Å². The van der Waals surface area contributed by atoms with Gasteiger partial charge in [0.15, 0.2) is 0 Å². The molecule has 1 fully saturated rings. The zero-order valence-corrected chi connectivity index (χ0v) is 8.98. The van der Waals surface area contributed by atoms with E-state index in [0.29, 0.717) is 18.4 Å². The molecule has 2 rings (SSSR count). The van der Waals surface area contributed by atoms with Crippen LogP contribution < -0.4 is 5.73 Å². The van der Waals surface area contributed by atoms with Crippen LogP contribution in [0.5, 0.6) is 0 Å². The minimum absolute atomic E-state index is 0.136. The molecule has 0 bridgehead atoms. The van der Waals surface area contributed by atoms with Gasteiger partial charge in [0.25, 0.3) is 0 Å². The Kier molecular flexibility index (Phi) is 2.60. The number of halogens is 1. The van der Waals surface area contributed by atoms with E-state index in [1.807, 2.05) is 0 Å². The van der Waals surface area contributed by atoms with E-state index < -0.39 is 17.2 Å². The van der Waals surface area contributed by atoms with Crippen molar-refractivity contribution in [1.82, 2.24) is 0 Å². The Balaban J connectivity index is 2.46. The summed E-state index contributed by atoms with van der Waals surface area (Å²) in [6.07, 6.45) is 0.637. The van der Waals surface area contributed by atoms with Crippen LogP contribution in [0.25, 0.3) is 0 Å². The predicted molar refractivity (Wildman–Crippen MR) is 57.6 cm³/mol. The predicted octanol–water partition coefficient (Wildman–Crippen LogP) is 1.14. The summed E-state index contributed by atoms with van der Waals surface area (Å²) in [5.74, 6) is -1.62. The van der Waals surface area contributed by atoms with Crippen molar-refractivity contribution < 1.29 is 14.3 Å². The average molecular weight is 234 g/mol. The largest absolute Gasteiger partial charge is 0.481 e. The third-order valence-electron chi connectivity index (χ3n) is 3.27. The van der Waals surface area contributed by atoms with E-state index in [9.17, 15) is 14.3 Å². The number of nitrogens with zero attached hydrogens (tertiary/aromatic N) is 1. The molecule has 0 unspecified atom stereocenters. The summed E-state index contributed by atoms with van der Waals surface area (Å²) in [6.45, 7) is 0. The normalized spacial score (nSPS) is 27.0. The molecule has 0 amide bonds. The van der Waals surface area contributed by atoms with Crippen molar-refractivity contribution in [2.24, 2.45) is 5.73 Å². The fourth-order valence-corrected chi connectivity index (χ4v) is 2.28. The second-order valence-electron chi connectivity index (χ2n) is 4.36. The van der Waals surface area contributed by atoms with Gasteiger partial charge in [-0.1, -0.05) is 6.07 Å². The van der Waals surface area contributed by atoms with Crippen molar-refractivity contribution in [3.05, 3.63) is 35.1 Å². The van der Waals surface area contributed by atoms with Crippen molar-refractivity contribution in [1.29, 1.82) is 5.26 Å². The van der Waals surface area contributed by atoms with Crippen LogP contribution in [0.15, 0.2) is 18.2 Å². The Morgan fingerprint density at radius 3 is 2.71 bits per heavy atom. The number of carboxylic acid groups (broad SMARTS) is 1. The van der Waals surface area contributed by atoms with Gasteiger partial charge < -0.3 is 10.8 Å². The molecule has 0 aromatic heterocycles. The molecule has 1 aliphatic rings. The molecule has 0 aliphatic heterocycles. The molecule has 0 saturated heterocycles. The number of carboxylic acids is 1. The lowest BCUT2D eigenvalue weighted by molar-refractivity contribution is -0.148. The number of nitrogens with two attached hydrogens (primary N) is 1. The topological polar surface area (TPSA) is 87.1 Å². The van der Waals surface area contributed by atoms with Gasteiger partial charge in [0.1, 0.15) is 11.9 Å². The standard InChI is InChI=1S/C12H11FN2O2/c13-10-2-1-8(3-7(10)6-14)12(11(16)17)4-9(15)5-12/h1-3,9H,4-5,15H2,(H,16,17). The highest BCUT2D eigenvalue weighted by Crippen LogP contribution is 2.43. The molecule has 1 aromatic rings. The van der Waals surface area contributed by atoms with Gasteiger partial charge in [-0.25, -0.2) is 4.39 Å². The Morgan fingerprint density at radius 2 is 2.24 bits per heavy atom. The second-order valence-corrected chi connectivity index (χ2v) is 4.36. The van der Waals surface area contributed by atoms with Gasteiger partial charge in [-0.15, -0.1) is 0 Å². The summed E-state index contributed by atoms with van der Waals surface area (Å²) in [4.78, 5) is 11.3. The molecule has 17 heavy (non-hydrogen) atoms. The van der Waals surface area contributed by atoms with Gasteiger partial charge in [0.2, 0.25) is 0 Å². The van der Waals surface area contributed by atoms with Crippen LogP contribution in [0.4, 0.5) is 4.39 Å². The van der Waals surface area contributed by atoms with E-state index in [1.54, 1.807) is 6.07 Å². The molecular weight excluding hydrogens is 223 g/mol. The first-order chi connectivity index (χ1) is 7.99. The lowest BCUT2D eigenvalue weighted by Crippen LogP contribution is -2.54. The highest BCUT2D eigenvalue weighted by atomic mass is 19.1. The van der Waals surface area contributed by atoms with E-state index in [1.165, 1.54) is 12.1 Å². The van der Waals surface area contributed by atoms with Crippen LogP contribution in [0.2, 0.25) is 0 Å². The molecule has 1 aromatic carbocycles. The molecule has 0 atom stereocenters. The fourth-order valence-electron chi connectivity index (χ4n) is 2.28. The monoisotopic (exact) mass is 234 g/mol. The Hall–Kier alpha value is -1.93. The van der Waals surface area contributed by atoms with Gasteiger partial charge in [-0.05, 0) is 30.5 Å². The van der Waals surface area contributed by atoms with E-state index >= 15 is 0 Å². The van der Waals surface area contributed by atoms with E-state index in [-0.39, 0.29) is 11.6 Å². The highest BCUT2D eigenvalue weighted by Gasteiger charge is 2.50. The SMILES string of the molecule is N#Cc1cc(C2(C(=O)O)CC(N)C2)ccc1F. The quantitative estimate of drug-likeness (QED) is 0.803. The average Bonchev–Trinajstić information content (AvgIpc) is 2.25. The first-order valence-electron chi connectivity index (χ1n) is 5.19. The lowest BCUT2D eigenvalue weighted by Gasteiger charge is -2.43. The zero-order chi connectivity index (χ0) is 12.6. The van der Waals surface area contributed by atoms with Crippen LogP contribution in [-0.4, -0.2) is 17.1 Å². The summed E-state index contributed by atoms with van der Waals surface area (Å²) in [5, 5.41) is 18.0. The van der Waals surface area contributed by atoms with E-state index in [2.05, 4.69) is 0 Å². The molecule has 88 valence electrons. The minimum atomic E-state index is -1.06. The number of rotatable bonds is 2. The van der Waals surface area contributed by atoms with Crippen LogP contribution >= 0.6 is 0 Å². The summed E-state index contributed by atoms with van der Waals surface area (Å²) >= 11 is 0. The number of hydrogen-bond donors (Lipinski definition) is 2. The van der Waals surface area contributed by atoms with Crippen LogP contribution in [0.1, 0.15) is 24.0 Å². The van der Waals surface area contributed by atoms with E-state index in [0.717, 1.165) is 6.07 Å². The van der Waals surface area contributed by atoms with Crippen molar-refractivity contribution in [3.63, 3.8) is 0 Å². The lowest BCUT2D eigenvalue weighted by atomic mass is 9.61. The number of nitriles is 1. The molecular formula is C12H11FN2O2. The summed E-state index contributed by atoms with van der Waals surface area (Å²) < 4.78 is 13.2. The summed E-state index contributed by atoms with van der Waals surface area (Å²) in [5.41, 5.74) is 4.88. The summed E-state index contributed by atoms with van der Waals surface area (Å²) in [6, 6.07) is 5.40. The smallest absolute Gasteiger partial charge is 0.314 e. The number of aliphatic carboxylic acids is 1. The maximum Gasteiger partial charge on any atom is 0.314 e. The third kappa shape index (κ3) is 1.67. The van der Waals surface area contributed by atoms with Crippen molar-refractivity contribution in [2.45, 2.75) is 24.3 Å². The Labute approximate surface area is 97.5 Å². The number of benzene rings is 1. The minimum Gasteiger partial charge on any atom is -0.481 e. The molecule has 1 saturated carbocycles. The van der Waals surface area contributed by atoms with Gasteiger partial charge in [-0.3, -0.25) is 4.79 Å². The molecule has 1 aliphatic carbocycles. The van der Waals surface area contributed by atoms with Gasteiger partial charge >= 0.3 is 5.97 Å². The second kappa shape index (κ2) is 3.82. The zero-order valence-electron chi connectivity index (χ0n) is 8.98. The molecule has 5 heteroatoms. The number of hydrogen-bond acceptors (Lipinski definition) is 3. The third-order valence-corrected chi connectivity index (χ3v) is 3.27. The fraction of sp³-hybridized carbons (Fsp3) is 0.333. The van der Waals surface area contributed by atoms with E-state index in [4.69, 9.17) is 11.0 Å². The maximum atomic E-state index is 13.2. The van der Waals surface area contributed by atoms with Crippen molar-refractivity contribution in [3.8, 4) is 6.07 Å². The summed E-state index contributed by atoms with van der Waals surface area (Å²) in [7, 11) is 0. The van der Waals surface area contributed by atoms with Crippen LogP contribution in [0, 0.1) is 17.1 Å². The Morgan fingerprint density at radius 1 is 1.59 bits per heavy atom. The van der Waals surface area contributed by atoms with Gasteiger partial charge in [-0.2, -0.15) is 5.26 Å². The highest BCUT2D eigenvalue weighted by molar-refractivity contribution is 5.83. The first kappa shape index (κ1) is 11.6. The molecule has 4 nitrogen and oxygen atoms in total. The maximum absolute atomic E-state index is 13.2.